The van der Waals surface area contributed by atoms with Crippen molar-refractivity contribution in [3.05, 3.63) is 116 Å². The van der Waals surface area contributed by atoms with Gasteiger partial charge in [-0.05, 0) is 57.6 Å². The van der Waals surface area contributed by atoms with Gasteiger partial charge in [-0.3, -0.25) is 9.97 Å². The van der Waals surface area contributed by atoms with E-state index in [9.17, 15) is 0 Å². The minimum Gasteiger partial charge on any atom is -0.399 e. The second-order valence-corrected chi connectivity index (χ2v) is 8.14. The van der Waals surface area contributed by atoms with Crippen molar-refractivity contribution in [3.8, 4) is 33.4 Å². The van der Waals surface area contributed by atoms with Gasteiger partial charge in [-0.15, -0.1) is 0 Å². The molecule has 0 fully saturated rings. The molecule has 0 saturated heterocycles. The summed E-state index contributed by atoms with van der Waals surface area (Å²) in [5.41, 5.74) is 15.4. The fraction of sp³-hybridized carbons (Fsp3) is 0. The molecule has 3 heteroatoms. The third-order valence-electron chi connectivity index (χ3n) is 6.15. The van der Waals surface area contributed by atoms with Crippen LogP contribution in [0.1, 0.15) is 0 Å². The van der Waals surface area contributed by atoms with Crippen LogP contribution in [-0.4, -0.2) is 9.97 Å². The Bertz CT molecular complexity index is 1590. The number of anilines is 1. The van der Waals surface area contributed by atoms with Gasteiger partial charge in [0.2, 0.25) is 0 Å². The van der Waals surface area contributed by atoms with Gasteiger partial charge in [0.15, 0.2) is 0 Å². The van der Waals surface area contributed by atoms with Gasteiger partial charge in [0.25, 0.3) is 0 Å². The Hall–Kier alpha value is -4.50. The summed E-state index contributed by atoms with van der Waals surface area (Å²) in [5.74, 6) is 0. The Kier molecular flexibility index (Phi) is 4.59. The van der Waals surface area contributed by atoms with Crippen LogP contribution in [-0.2, 0) is 0 Å². The number of aromatic nitrogens is 2. The maximum atomic E-state index is 5.83. The molecule has 0 saturated carbocycles. The number of nitrogens with zero attached hydrogens (tertiary/aromatic N) is 2. The fourth-order valence-electron chi connectivity index (χ4n) is 4.47. The van der Waals surface area contributed by atoms with Gasteiger partial charge < -0.3 is 5.73 Å². The van der Waals surface area contributed by atoms with Gasteiger partial charge in [-0.1, -0.05) is 78.9 Å². The molecule has 0 spiro atoms. The van der Waals surface area contributed by atoms with Crippen molar-refractivity contribution in [2.45, 2.75) is 0 Å². The van der Waals surface area contributed by atoms with Crippen molar-refractivity contribution in [2.75, 3.05) is 5.73 Å². The zero-order valence-corrected chi connectivity index (χ0v) is 17.9. The van der Waals surface area contributed by atoms with Crippen LogP contribution in [0.2, 0.25) is 0 Å². The van der Waals surface area contributed by atoms with Crippen molar-refractivity contribution in [1.82, 2.24) is 9.97 Å². The van der Waals surface area contributed by atoms with Gasteiger partial charge in [-0.25, -0.2) is 0 Å². The normalized spacial score (nSPS) is 11.2. The quantitative estimate of drug-likeness (QED) is 0.239. The van der Waals surface area contributed by atoms with Gasteiger partial charge in [0.05, 0.1) is 11.0 Å². The van der Waals surface area contributed by atoms with Crippen molar-refractivity contribution < 1.29 is 0 Å². The lowest BCUT2D eigenvalue weighted by Crippen LogP contribution is -1.90. The van der Waals surface area contributed by atoms with E-state index >= 15 is 0 Å². The molecule has 6 rings (SSSR count). The van der Waals surface area contributed by atoms with Crippen LogP contribution in [0.5, 0.6) is 0 Å². The number of pyridine rings is 2. The first-order chi connectivity index (χ1) is 16.3. The van der Waals surface area contributed by atoms with E-state index in [4.69, 9.17) is 15.7 Å². The molecule has 0 amide bonds. The molecule has 0 aliphatic rings. The molecule has 0 bridgehead atoms. The third-order valence-corrected chi connectivity index (χ3v) is 6.15. The predicted molar refractivity (Wildman–Crippen MR) is 138 cm³/mol. The molecule has 3 nitrogen and oxygen atoms in total. The van der Waals surface area contributed by atoms with Crippen LogP contribution in [0.15, 0.2) is 116 Å². The van der Waals surface area contributed by atoms with Gasteiger partial charge >= 0.3 is 0 Å². The Morgan fingerprint density at radius 3 is 1.42 bits per heavy atom. The highest BCUT2D eigenvalue weighted by Crippen LogP contribution is 2.35. The summed E-state index contributed by atoms with van der Waals surface area (Å²) >= 11 is 0. The van der Waals surface area contributed by atoms with Crippen LogP contribution in [0, 0.1) is 0 Å². The topological polar surface area (TPSA) is 51.8 Å². The van der Waals surface area contributed by atoms with Gasteiger partial charge in [0.1, 0.15) is 0 Å². The maximum absolute atomic E-state index is 5.83. The molecule has 0 aliphatic carbocycles. The fourth-order valence-corrected chi connectivity index (χ4v) is 4.47. The summed E-state index contributed by atoms with van der Waals surface area (Å²) in [7, 11) is 0. The second-order valence-electron chi connectivity index (χ2n) is 8.14. The molecule has 0 unspecified atom stereocenters. The number of hydrogen-bond donors (Lipinski definition) is 1. The van der Waals surface area contributed by atoms with E-state index in [1.807, 2.05) is 42.7 Å². The number of nitrogen functional groups attached to an aromatic ring is 1. The van der Waals surface area contributed by atoms with E-state index in [-0.39, 0.29) is 0 Å². The summed E-state index contributed by atoms with van der Waals surface area (Å²) in [4.78, 5) is 9.45. The highest BCUT2D eigenvalue weighted by atomic mass is 14.7. The molecule has 2 heterocycles. The number of benzene rings is 4. The summed E-state index contributed by atoms with van der Waals surface area (Å²) in [5, 5.41) is 2.21. The molecular formula is C30H21N3. The van der Waals surface area contributed by atoms with Crippen molar-refractivity contribution in [3.63, 3.8) is 0 Å². The van der Waals surface area contributed by atoms with E-state index in [0.717, 1.165) is 49.7 Å². The molecule has 6 aromatic rings. The Balaban J connectivity index is 1.48. The molecule has 156 valence electrons. The molecule has 0 radical (unpaired) electrons. The average molecular weight is 424 g/mol. The first kappa shape index (κ1) is 19.2. The zero-order valence-electron chi connectivity index (χ0n) is 17.9. The van der Waals surface area contributed by atoms with Crippen LogP contribution in [0.25, 0.3) is 55.2 Å². The predicted octanol–water partition coefficient (Wildman–Crippen LogP) is 7.37. The van der Waals surface area contributed by atoms with Gasteiger partial charge in [0, 0.05) is 28.9 Å². The Morgan fingerprint density at radius 2 is 0.879 bits per heavy atom. The number of fused-ring (bicyclic) bond motifs is 3. The molecule has 33 heavy (non-hydrogen) atoms. The highest BCUT2D eigenvalue weighted by molar-refractivity contribution is 6.11. The lowest BCUT2D eigenvalue weighted by molar-refractivity contribution is 1.37. The molecular weight excluding hydrogens is 402 g/mol. The Morgan fingerprint density at radius 1 is 0.424 bits per heavy atom. The highest BCUT2D eigenvalue weighted by Gasteiger charge is 2.12. The summed E-state index contributed by atoms with van der Waals surface area (Å²) < 4.78 is 0. The van der Waals surface area contributed by atoms with Crippen molar-refractivity contribution >= 4 is 27.5 Å². The first-order valence-corrected chi connectivity index (χ1v) is 11.0. The largest absolute Gasteiger partial charge is 0.399 e. The smallest absolute Gasteiger partial charge is 0.0970 e. The number of hydrogen-bond acceptors (Lipinski definition) is 3. The van der Waals surface area contributed by atoms with E-state index in [1.54, 1.807) is 0 Å². The minimum absolute atomic E-state index is 0.773. The minimum atomic E-state index is 0.773. The van der Waals surface area contributed by atoms with Crippen LogP contribution >= 0.6 is 0 Å². The molecule has 0 atom stereocenters. The third kappa shape index (κ3) is 3.40. The van der Waals surface area contributed by atoms with Crippen LogP contribution < -0.4 is 5.73 Å². The summed E-state index contributed by atoms with van der Waals surface area (Å²) in [6.45, 7) is 0. The van der Waals surface area contributed by atoms with E-state index in [1.165, 1.54) is 11.1 Å². The van der Waals surface area contributed by atoms with E-state index in [0.29, 0.717) is 0 Å². The number of rotatable bonds is 3. The molecule has 0 aliphatic heterocycles. The zero-order chi connectivity index (χ0) is 22.2. The van der Waals surface area contributed by atoms with Gasteiger partial charge in [-0.2, -0.15) is 0 Å². The van der Waals surface area contributed by atoms with E-state index < -0.39 is 0 Å². The average Bonchev–Trinajstić information content (AvgIpc) is 2.89. The molecule has 2 N–H and O–H groups in total. The first-order valence-electron chi connectivity index (χ1n) is 11.0. The van der Waals surface area contributed by atoms with E-state index in [2.05, 4.69) is 72.8 Å². The van der Waals surface area contributed by atoms with Crippen molar-refractivity contribution in [1.29, 1.82) is 0 Å². The lowest BCUT2D eigenvalue weighted by atomic mass is 9.95. The van der Waals surface area contributed by atoms with Crippen LogP contribution in [0.3, 0.4) is 0 Å². The standard InChI is InChI=1S/C30H21N3/c31-24-12-10-21(11-13-24)20-6-8-23(9-7-20)26-17-19-33-30-28(26)15-14-27-25(16-18-32-29(27)30)22-4-2-1-3-5-22/h1-19H,31H2. The summed E-state index contributed by atoms with van der Waals surface area (Å²) in [6, 6.07) is 35.5. The Labute approximate surface area is 192 Å². The monoisotopic (exact) mass is 423 g/mol. The van der Waals surface area contributed by atoms with Crippen LogP contribution in [0.4, 0.5) is 5.69 Å². The molecule has 4 aromatic carbocycles. The molecule has 2 aromatic heterocycles. The SMILES string of the molecule is Nc1ccc(-c2ccc(-c3ccnc4c3ccc3c(-c5ccccc5)ccnc34)cc2)cc1. The second kappa shape index (κ2) is 7.88. The maximum Gasteiger partial charge on any atom is 0.0970 e. The lowest BCUT2D eigenvalue weighted by Gasteiger charge is -2.11. The van der Waals surface area contributed by atoms with Crippen molar-refractivity contribution in [2.24, 2.45) is 0 Å². The summed E-state index contributed by atoms with van der Waals surface area (Å²) in [6.07, 6.45) is 3.75. The number of nitrogens with two attached hydrogens (primary N) is 1.